The first kappa shape index (κ1) is 65.4. The lowest BCUT2D eigenvalue weighted by Crippen LogP contribution is -2.63. The van der Waals surface area contributed by atoms with Gasteiger partial charge in [-0.25, -0.2) is 4.79 Å². The van der Waals surface area contributed by atoms with E-state index in [2.05, 4.69) is 37.2 Å². The summed E-state index contributed by atoms with van der Waals surface area (Å²) < 4.78 is 5.81. The normalized spacial score (nSPS) is 20.4. The van der Waals surface area contributed by atoms with Gasteiger partial charge in [0.05, 0.1) is 30.3 Å². The van der Waals surface area contributed by atoms with Crippen LogP contribution in [0.25, 0.3) is 0 Å². The summed E-state index contributed by atoms with van der Waals surface area (Å²) in [5, 5.41) is 31.0. The topological polar surface area (TPSA) is 310 Å². The van der Waals surface area contributed by atoms with Crippen LogP contribution in [0.3, 0.4) is 0 Å². The first-order chi connectivity index (χ1) is 40.5. The van der Waals surface area contributed by atoms with Gasteiger partial charge in [0.15, 0.2) is 5.78 Å². The quantitative estimate of drug-likeness (QED) is 0.0423. The second-order valence-electron chi connectivity index (χ2n) is 22.0. The van der Waals surface area contributed by atoms with Gasteiger partial charge in [0.2, 0.25) is 41.4 Å². The standard InChI is InChI=1S/C64H77N8O12P/c1-38(2)33-48-56(76)57(85(45-27-17-10-18-28-45,46-29-19-11-20-30-46)47-31-21-12-22-32-47)63(82)70-49(34-39(3)4)59(78)69-51(37-52(65)74)58(77)66-40(5)64(83)84-42(7)55(62(81)68-48)72-61(80)54(41(6)73)71-60(79)50(35-43-23-13-8-14-24-43)67-53(75)36-44-25-15-9-16-26-44/h8-32,38-42,48-51,54-55,73H,33-37H2,1-7H3,(H2,65,74)(H,66,77)(H,67,75)(H,68,81)(H,69,78)(H,70,82)(H,71,79)(H,72,80)/t40-,41?,42?,48+,49+,50+,51+,54+,55+/m1/s1. The number of benzene rings is 5. The van der Waals surface area contributed by atoms with Gasteiger partial charge in [-0.05, 0) is 79.4 Å². The summed E-state index contributed by atoms with van der Waals surface area (Å²) in [6.07, 6.45) is -4.38. The van der Waals surface area contributed by atoms with Crippen molar-refractivity contribution in [3.05, 3.63) is 163 Å². The van der Waals surface area contributed by atoms with Crippen LogP contribution in [0.1, 0.15) is 78.9 Å². The Morgan fingerprint density at radius 2 is 1.04 bits per heavy atom. The molecule has 0 aliphatic carbocycles. The van der Waals surface area contributed by atoms with Crippen LogP contribution >= 0.6 is 6.89 Å². The van der Waals surface area contributed by atoms with Gasteiger partial charge < -0.3 is 52.8 Å². The van der Waals surface area contributed by atoms with E-state index >= 15 is 14.4 Å². The molecule has 0 saturated carbocycles. The number of esters is 1. The minimum atomic E-state index is -3.76. The van der Waals surface area contributed by atoms with Crippen molar-refractivity contribution in [2.45, 2.75) is 135 Å². The Bertz CT molecular complexity index is 3120. The third kappa shape index (κ3) is 17.7. The van der Waals surface area contributed by atoms with Gasteiger partial charge >= 0.3 is 5.97 Å². The van der Waals surface area contributed by atoms with Gasteiger partial charge in [0.25, 0.3) is 5.91 Å². The number of hydrogen-bond acceptors (Lipinski definition) is 12. The maximum Gasteiger partial charge on any atom is 0.328 e. The Labute approximate surface area is 495 Å². The van der Waals surface area contributed by atoms with Crippen LogP contribution in [-0.4, -0.2) is 124 Å². The molecule has 1 aliphatic rings. The van der Waals surface area contributed by atoms with Crippen molar-refractivity contribution in [2.24, 2.45) is 17.6 Å². The zero-order valence-corrected chi connectivity index (χ0v) is 49.7. The fourth-order valence-corrected chi connectivity index (χ4v) is 14.5. The molecule has 450 valence electrons. The van der Waals surface area contributed by atoms with E-state index in [1.54, 1.807) is 179 Å². The largest absolute Gasteiger partial charge is 0.458 e. The van der Waals surface area contributed by atoms with E-state index in [-0.39, 0.29) is 42.8 Å². The number of aliphatic hydroxyl groups is 1. The molecular formula is C64H77N8O12P. The van der Waals surface area contributed by atoms with Gasteiger partial charge in [-0.3, -0.25) is 43.2 Å². The molecule has 5 aromatic rings. The number of carbonyl (C=O) groups is 10. The fraction of sp³-hybridized carbons (Fsp3) is 0.359. The Kier molecular flexibility index (Phi) is 23.6. The Hall–Kier alpha value is -8.74. The highest BCUT2D eigenvalue weighted by Gasteiger charge is 2.44. The average Bonchev–Trinajstić information content (AvgIpc) is 0.958. The zero-order chi connectivity index (χ0) is 62.0. The van der Waals surface area contributed by atoms with Crippen LogP contribution in [0.2, 0.25) is 0 Å². The molecule has 9 atom stereocenters. The molecule has 21 heteroatoms. The summed E-state index contributed by atoms with van der Waals surface area (Å²) in [5.74, 6) is -10.4. The van der Waals surface area contributed by atoms with Gasteiger partial charge in [-0.2, -0.15) is 0 Å². The van der Waals surface area contributed by atoms with Crippen molar-refractivity contribution in [1.29, 1.82) is 0 Å². The molecule has 10 N–H and O–H groups in total. The first-order valence-corrected chi connectivity index (χ1v) is 30.1. The van der Waals surface area contributed by atoms with Crippen molar-refractivity contribution in [1.82, 2.24) is 37.2 Å². The molecule has 20 nitrogen and oxygen atoms in total. The van der Waals surface area contributed by atoms with Gasteiger partial charge in [0.1, 0.15) is 42.4 Å². The smallest absolute Gasteiger partial charge is 0.328 e. The van der Waals surface area contributed by atoms with E-state index in [4.69, 9.17) is 10.5 Å². The molecule has 0 radical (unpaired) electrons. The number of ketones is 1. The molecule has 0 aromatic heterocycles. The molecular weight excluding hydrogens is 1100 g/mol. The van der Waals surface area contributed by atoms with E-state index in [0.717, 1.165) is 0 Å². The lowest BCUT2D eigenvalue weighted by molar-refractivity contribution is -0.156. The van der Waals surface area contributed by atoms with E-state index in [9.17, 15) is 38.7 Å². The summed E-state index contributed by atoms with van der Waals surface area (Å²) in [6.45, 7) is 7.07. The number of Topliss-reactive ketones (excluding diaryl/α,β-unsaturated/α-hetero) is 1. The number of aliphatic hydroxyl groups excluding tert-OH is 1. The van der Waals surface area contributed by atoms with Crippen LogP contribution in [0, 0.1) is 11.8 Å². The Balaban J connectivity index is 1.53. The number of rotatable bonds is 19. The zero-order valence-electron chi connectivity index (χ0n) is 48.8. The molecule has 6 rings (SSSR count). The molecule has 8 amide bonds. The number of nitrogens with two attached hydrogens (primary N) is 1. The molecule has 1 heterocycles. The lowest BCUT2D eigenvalue weighted by atomic mass is 9.96. The van der Waals surface area contributed by atoms with Crippen LogP contribution in [0.5, 0.6) is 0 Å². The minimum Gasteiger partial charge on any atom is -0.458 e. The molecule has 2 unspecified atom stereocenters. The van der Waals surface area contributed by atoms with Crippen molar-refractivity contribution >= 4 is 87.1 Å². The summed E-state index contributed by atoms with van der Waals surface area (Å²) in [6, 6.07) is 32.8. The summed E-state index contributed by atoms with van der Waals surface area (Å²) in [5.41, 5.74) is 6.92. The lowest BCUT2D eigenvalue weighted by Gasteiger charge is -2.35. The molecule has 1 aliphatic heterocycles. The minimum absolute atomic E-state index is 0.0349. The molecule has 0 spiro atoms. The second-order valence-corrected chi connectivity index (χ2v) is 25.4. The number of primary amides is 1. The number of cyclic esters (lactones) is 1. The molecule has 1 fully saturated rings. The molecule has 5 aromatic carbocycles. The number of nitrogens with one attached hydrogen (secondary N) is 7. The van der Waals surface area contributed by atoms with E-state index in [0.29, 0.717) is 27.0 Å². The highest BCUT2D eigenvalue weighted by atomic mass is 31.2. The molecule has 1 saturated heterocycles. The van der Waals surface area contributed by atoms with Crippen LogP contribution in [0.4, 0.5) is 0 Å². The van der Waals surface area contributed by atoms with Gasteiger partial charge in [0, 0.05) is 6.42 Å². The maximum absolute atomic E-state index is 16.4. The average molecular weight is 1180 g/mol. The van der Waals surface area contributed by atoms with E-state index in [1.807, 2.05) is 0 Å². The van der Waals surface area contributed by atoms with Crippen LogP contribution in [-0.2, 0) is 65.5 Å². The van der Waals surface area contributed by atoms with Gasteiger partial charge in [-0.15, -0.1) is 0 Å². The van der Waals surface area contributed by atoms with Crippen LogP contribution < -0.4 is 58.9 Å². The molecule has 0 bridgehead atoms. The predicted molar refractivity (Wildman–Crippen MR) is 325 cm³/mol. The summed E-state index contributed by atoms with van der Waals surface area (Å²) >= 11 is 0. The van der Waals surface area contributed by atoms with Crippen LogP contribution in [0.15, 0.2) is 152 Å². The third-order valence-corrected chi connectivity index (χ3v) is 18.5. The number of hydrogen-bond donors (Lipinski definition) is 9. The monoisotopic (exact) mass is 1180 g/mol. The highest BCUT2D eigenvalue weighted by Crippen LogP contribution is 2.47. The van der Waals surface area contributed by atoms with Crippen molar-refractivity contribution in [3.63, 3.8) is 0 Å². The van der Waals surface area contributed by atoms with Crippen molar-refractivity contribution in [3.8, 4) is 0 Å². The molecule has 85 heavy (non-hydrogen) atoms. The second kappa shape index (κ2) is 30.7. The van der Waals surface area contributed by atoms with E-state index < -0.39 is 127 Å². The fourth-order valence-electron chi connectivity index (χ4n) is 10.1. The SMILES string of the molecule is CC(C)C[C@@H]1NC(=O)C(=P(c2ccccc2)(c2ccccc2)c2ccccc2)C(=O)[C@H](CC(C)C)NC(=O)[C@@H](NC(=O)[C@@H](NC(=O)[C@H](Cc2ccccc2)NC(=O)Cc2ccccc2)C(C)O)C(C)OC(=O)[C@@H](C)NC(=O)[C@H](CC(N)=O)NC1=O. The van der Waals surface area contributed by atoms with E-state index in [1.165, 1.54) is 20.8 Å². The number of ether oxygens (including phenoxy) is 1. The Morgan fingerprint density at radius 3 is 1.52 bits per heavy atom. The number of carbonyl (C=O) groups excluding carboxylic acids is 10. The van der Waals surface area contributed by atoms with Crippen molar-refractivity contribution in [2.75, 3.05) is 0 Å². The highest BCUT2D eigenvalue weighted by molar-refractivity contribution is 7.97. The van der Waals surface area contributed by atoms with Gasteiger partial charge in [-0.1, -0.05) is 179 Å². The first-order valence-electron chi connectivity index (χ1n) is 28.3. The summed E-state index contributed by atoms with van der Waals surface area (Å²) in [4.78, 5) is 146. The Morgan fingerprint density at radius 1 is 0.576 bits per heavy atom. The number of amides is 8. The van der Waals surface area contributed by atoms with Crippen molar-refractivity contribution < 1.29 is 57.8 Å². The third-order valence-electron chi connectivity index (χ3n) is 14.2. The predicted octanol–water partition coefficient (Wildman–Crippen LogP) is 1.91. The maximum atomic E-state index is 16.4. The summed E-state index contributed by atoms with van der Waals surface area (Å²) in [7, 11) is 0.